The van der Waals surface area contributed by atoms with Crippen molar-refractivity contribution in [3.63, 3.8) is 0 Å². The number of carbonyl (C=O) groups excluding carboxylic acids is 3. The lowest BCUT2D eigenvalue weighted by molar-refractivity contribution is 0.0598. The molecule has 13 heteroatoms. The van der Waals surface area contributed by atoms with E-state index in [0.717, 1.165) is 21.2 Å². The molecular weight excluding hydrogens is 607 g/mol. The highest BCUT2D eigenvalue weighted by molar-refractivity contribution is 7.16. The van der Waals surface area contributed by atoms with E-state index in [-0.39, 0.29) is 39.7 Å². The van der Waals surface area contributed by atoms with Crippen LogP contribution in [0.4, 0.5) is 5.82 Å². The largest absolute Gasteiger partial charge is 0.465 e. The van der Waals surface area contributed by atoms with Gasteiger partial charge in [0.25, 0.3) is 11.5 Å². The second-order valence-electron chi connectivity index (χ2n) is 8.64. The van der Waals surface area contributed by atoms with Crippen LogP contribution >= 0.6 is 45.9 Å². The number of halogens is 2. The Morgan fingerprint density at radius 2 is 1.88 bits per heavy atom. The van der Waals surface area contributed by atoms with Crippen LogP contribution < -0.4 is 10.9 Å². The number of nitrogens with one attached hydrogen (secondary N) is 1. The van der Waals surface area contributed by atoms with Gasteiger partial charge < -0.3 is 14.6 Å². The Morgan fingerprint density at radius 1 is 1.07 bits per heavy atom. The number of esters is 1. The zero-order valence-electron chi connectivity index (χ0n) is 21.3. The molecule has 5 aromatic rings. The van der Waals surface area contributed by atoms with Crippen LogP contribution in [0, 0.1) is 0 Å². The molecule has 0 atom stereocenters. The third-order valence-electron chi connectivity index (χ3n) is 6.07. The molecule has 4 aromatic heterocycles. The van der Waals surface area contributed by atoms with Gasteiger partial charge in [0, 0.05) is 33.6 Å². The third-order valence-corrected chi connectivity index (χ3v) is 8.31. The molecule has 0 bridgehead atoms. The Kier molecular flexibility index (Phi) is 8.50. The minimum atomic E-state index is -0.906. The van der Waals surface area contributed by atoms with Gasteiger partial charge in [0.15, 0.2) is 5.78 Å². The van der Waals surface area contributed by atoms with Crippen molar-refractivity contribution in [2.75, 3.05) is 12.4 Å². The van der Waals surface area contributed by atoms with Crippen molar-refractivity contribution in [1.29, 1.82) is 0 Å². The highest BCUT2D eigenvalue weighted by Crippen LogP contribution is 2.28. The number of hydrogen-bond acceptors (Lipinski definition) is 9. The first-order valence-corrected chi connectivity index (χ1v) is 14.5. The first-order valence-electron chi connectivity index (χ1n) is 12.0. The zero-order chi connectivity index (χ0) is 29.1. The van der Waals surface area contributed by atoms with Crippen LogP contribution in [-0.2, 0) is 17.8 Å². The van der Waals surface area contributed by atoms with Gasteiger partial charge in [-0.2, -0.15) is 21.1 Å². The number of anilines is 1. The number of thiophene rings is 2. The van der Waals surface area contributed by atoms with E-state index in [1.54, 1.807) is 53.2 Å². The van der Waals surface area contributed by atoms with Gasteiger partial charge in [0.2, 0.25) is 0 Å². The molecular formula is C28H20Cl2N4O5S2. The Bertz CT molecular complexity index is 1820. The van der Waals surface area contributed by atoms with Gasteiger partial charge in [0.1, 0.15) is 11.4 Å². The summed E-state index contributed by atoms with van der Waals surface area (Å²) in [4.78, 5) is 53.4. The van der Waals surface area contributed by atoms with Crippen molar-refractivity contribution in [3.05, 3.63) is 113 Å². The Morgan fingerprint density at radius 3 is 2.56 bits per heavy atom. The Balaban J connectivity index is 1.58. The van der Waals surface area contributed by atoms with Crippen LogP contribution in [0.3, 0.4) is 0 Å². The van der Waals surface area contributed by atoms with Crippen molar-refractivity contribution in [3.8, 4) is 11.3 Å². The average molecular weight is 628 g/mol. The maximum absolute atomic E-state index is 13.5. The van der Waals surface area contributed by atoms with E-state index in [0.29, 0.717) is 22.3 Å². The number of ether oxygens (including phenoxy) is 1. The van der Waals surface area contributed by atoms with Gasteiger partial charge in [-0.25, -0.2) is 4.79 Å². The molecule has 0 unspecified atom stereocenters. The number of pyridine rings is 1. The number of nitrogens with zero attached hydrogens (tertiary/aromatic N) is 3. The SMILES string of the molecule is COC(=O)c1c(-c2cc(NCc3ccc(Cl)s3)n(C(=O)c3ccccc3Cl)n2)ccn(CC(=O)c2ccsc2)c1=O. The summed E-state index contributed by atoms with van der Waals surface area (Å²) < 4.78 is 7.79. The number of Topliss-reactive ketones (excluding diaryl/α,β-unsaturated/α-hetero) is 1. The molecule has 5 rings (SSSR count). The summed E-state index contributed by atoms with van der Waals surface area (Å²) in [6.07, 6.45) is 1.41. The third kappa shape index (κ3) is 6.03. The van der Waals surface area contributed by atoms with Gasteiger partial charge in [-0.15, -0.1) is 11.3 Å². The highest BCUT2D eigenvalue weighted by Gasteiger charge is 2.25. The van der Waals surface area contributed by atoms with Gasteiger partial charge in [-0.05, 0) is 41.8 Å². The molecule has 0 amide bonds. The summed E-state index contributed by atoms with van der Waals surface area (Å²) in [6.45, 7) is 0.0594. The van der Waals surface area contributed by atoms with E-state index in [1.165, 1.54) is 34.9 Å². The van der Waals surface area contributed by atoms with Crippen molar-refractivity contribution < 1.29 is 19.1 Å². The first kappa shape index (κ1) is 28.5. The topological polar surface area (TPSA) is 112 Å². The number of rotatable bonds is 9. The lowest BCUT2D eigenvalue weighted by Crippen LogP contribution is -2.30. The first-order chi connectivity index (χ1) is 19.8. The van der Waals surface area contributed by atoms with Crippen LogP contribution in [-0.4, -0.2) is 39.1 Å². The number of ketones is 1. The van der Waals surface area contributed by atoms with Gasteiger partial charge in [-0.3, -0.25) is 14.4 Å². The molecule has 1 N–H and O–H groups in total. The highest BCUT2D eigenvalue weighted by atomic mass is 35.5. The number of hydrogen-bond donors (Lipinski definition) is 1. The van der Waals surface area contributed by atoms with Gasteiger partial charge >= 0.3 is 5.97 Å². The van der Waals surface area contributed by atoms with Gasteiger partial charge in [0.05, 0.1) is 40.8 Å². The number of benzene rings is 1. The molecule has 0 fully saturated rings. The lowest BCUT2D eigenvalue weighted by Gasteiger charge is -2.10. The van der Waals surface area contributed by atoms with E-state index in [2.05, 4.69) is 10.4 Å². The summed E-state index contributed by atoms with van der Waals surface area (Å²) in [5.74, 6) is -1.42. The molecule has 0 aliphatic carbocycles. The number of carbonyl (C=O) groups is 3. The fourth-order valence-corrected chi connectivity index (χ4v) is 5.95. The quantitative estimate of drug-likeness (QED) is 0.155. The second kappa shape index (κ2) is 12.2. The van der Waals surface area contributed by atoms with E-state index < -0.39 is 17.4 Å². The maximum atomic E-state index is 13.5. The van der Waals surface area contributed by atoms with Crippen LogP contribution in [0.5, 0.6) is 0 Å². The van der Waals surface area contributed by atoms with E-state index >= 15 is 0 Å². The van der Waals surface area contributed by atoms with Crippen molar-refractivity contribution in [2.45, 2.75) is 13.1 Å². The molecule has 9 nitrogen and oxygen atoms in total. The van der Waals surface area contributed by atoms with Crippen molar-refractivity contribution >= 4 is 69.4 Å². The second-order valence-corrected chi connectivity index (χ2v) is 11.6. The minimum absolute atomic E-state index is 0.133. The molecule has 0 spiro atoms. The summed E-state index contributed by atoms with van der Waals surface area (Å²) in [5, 5.41) is 11.3. The van der Waals surface area contributed by atoms with Crippen molar-refractivity contribution in [1.82, 2.24) is 14.3 Å². The summed E-state index contributed by atoms with van der Waals surface area (Å²) in [5.41, 5.74) is -0.0844. The average Bonchev–Trinajstić information content (AvgIpc) is 3.74. The number of methoxy groups -OCH3 is 1. The minimum Gasteiger partial charge on any atom is -0.465 e. The summed E-state index contributed by atoms with van der Waals surface area (Å²) >= 11 is 15.1. The molecule has 1 aromatic carbocycles. The molecule has 0 aliphatic rings. The smallest absolute Gasteiger partial charge is 0.344 e. The fourth-order valence-electron chi connectivity index (χ4n) is 4.05. The Hall–Kier alpha value is -4.03. The van der Waals surface area contributed by atoms with E-state index in [1.807, 2.05) is 6.07 Å². The molecule has 208 valence electrons. The van der Waals surface area contributed by atoms with Crippen LogP contribution in [0.25, 0.3) is 11.3 Å². The van der Waals surface area contributed by atoms with Crippen LogP contribution in [0.2, 0.25) is 9.36 Å². The lowest BCUT2D eigenvalue weighted by atomic mass is 10.1. The molecule has 0 aliphatic heterocycles. The monoisotopic (exact) mass is 626 g/mol. The fraction of sp³-hybridized carbons (Fsp3) is 0.107. The van der Waals surface area contributed by atoms with E-state index in [9.17, 15) is 19.2 Å². The van der Waals surface area contributed by atoms with Gasteiger partial charge in [-0.1, -0.05) is 35.3 Å². The maximum Gasteiger partial charge on any atom is 0.344 e. The van der Waals surface area contributed by atoms with E-state index in [4.69, 9.17) is 27.9 Å². The summed E-state index contributed by atoms with van der Waals surface area (Å²) in [6, 6.07) is 14.9. The number of aromatic nitrogens is 3. The molecule has 4 heterocycles. The predicted octanol–water partition coefficient (Wildman–Crippen LogP) is 6.11. The Labute approximate surface area is 251 Å². The summed E-state index contributed by atoms with van der Waals surface area (Å²) in [7, 11) is 1.15. The molecule has 41 heavy (non-hydrogen) atoms. The predicted molar refractivity (Wildman–Crippen MR) is 160 cm³/mol. The van der Waals surface area contributed by atoms with Crippen LogP contribution in [0.15, 0.2) is 76.3 Å². The standard InChI is InChI=1S/C28H20Cl2N4O5S2/c1-39-28(38)25-19(8-10-33(27(25)37)14-22(35)16-9-11-40-15-16)21-12-24(31-13-17-6-7-23(30)41-17)34(32-21)26(36)18-4-2-3-5-20(18)29/h2-12,15,31H,13-14H2,1H3. The normalized spacial score (nSPS) is 10.9. The molecule has 0 saturated carbocycles. The van der Waals surface area contributed by atoms with Crippen molar-refractivity contribution in [2.24, 2.45) is 0 Å². The molecule has 0 radical (unpaired) electrons. The van der Waals surface area contributed by atoms with Crippen LogP contribution in [0.1, 0.15) is 36.0 Å². The molecule has 0 saturated heterocycles. The zero-order valence-corrected chi connectivity index (χ0v) is 24.4.